The number of rotatable bonds is 2. The quantitative estimate of drug-likeness (QED) is 0.921. The molecule has 0 bridgehead atoms. The first kappa shape index (κ1) is 13.6. The normalized spacial score (nSPS) is 19.4. The third-order valence-electron chi connectivity index (χ3n) is 3.80. The van der Waals surface area contributed by atoms with E-state index in [0.29, 0.717) is 5.56 Å². The van der Waals surface area contributed by atoms with Gasteiger partial charge in [0, 0.05) is 28.9 Å². The second-order valence-corrected chi connectivity index (χ2v) is 5.99. The molecule has 2 heterocycles. The van der Waals surface area contributed by atoms with Crippen LogP contribution in [0, 0.1) is 0 Å². The topological polar surface area (TPSA) is 65.2 Å². The summed E-state index contributed by atoms with van der Waals surface area (Å²) in [5.41, 5.74) is 7.57. The zero-order valence-corrected chi connectivity index (χ0v) is 12.2. The van der Waals surface area contributed by atoms with Gasteiger partial charge in [-0.25, -0.2) is 0 Å². The van der Waals surface area contributed by atoms with Gasteiger partial charge in [-0.1, -0.05) is 6.07 Å². The van der Waals surface area contributed by atoms with Gasteiger partial charge in [-0.15, -0.1) is 0 Å². The average Bonchev–Trinajstić information content (AvgIpc) is 2.46. The summed E-state index contributed by atoms with van der Waals surface area (Å²) in [6, 6.07) is 11.2. The molecule has 1 amide bonds. The molecule has 1 unspecified atom stereocenters. The Morgan fingerprint density at radius 3 is 2.81 bits per heavy atom. The Hall–Kier alpha value is -2.36. The lowest BCUT2D eigenvalue weighted by Gasteiger charge is -2.37. The van der Waals surface area contributed by atoms with Crippen molar-refractivity contribution in [1.29, 1.82) is 0 Å². The van der Waals surface area contributed by atoms with Gasteiger partial charge >= 0.3 is 0 Å². The molecule has 0 saturated carbocycles. The van der Waals surface area contributed by atoms with Crippen LogP contribution in [0.4, 0.5) is 0 Å². The lowest BCUT2D eigenvalue weighted by atomic mass is 9.81. The Labute approximate surface area is 124 Å². The molecule has 0 saturated heterocycles. The number of hydrogen-bond donors (Lipinski definition) is 1. The van der Waals surface area contributed by atoms with Crippen molar-refractivity contribution in [3.63, 3.8) is 0 Å². The zero-order chi connectivity index (χ0) is 15.0. The van der Waals surface area contributed by atoms with Crippen LogP contribution < -0.4 is 10.5 Å². The number of carbonyl (C=O) groups is 1. The Kier molecular flexibility index (Phi) is 3.16. The second-order valence-electron chi connectivity index (χ2n) is 5.99. The van der Waals surface area contributed by atoms with Crippen LogP contribution in [0.25, 0.3) is 0 Å². The molecule has 4 nitrogen and oxygen atoms in total. The van der Waals surface area contributed by atoms with Crippen LogP contribution in [0.1, 0.15) is 47.8 Å². The summed E-state index contributed by atoms with van der Waals surface area (Å²) in [6.45, 7) is 4.13. The standard InChI is InChI=1S/C17H18N2O2/c1-17(2)10-13(14-5-3-4-8-19-14)12-9-11(16(18)20)6-7-15(12)21-17/h3-9,13H,10H2,1-2H3,(H2,18,20). The maximum absolute atomic E-state index is 11.4. The van der Waals surface area contributed by atoms with E-state index in [9.17, 15) is 4.79 Å². The number of nitrogens with zero attached hydrogens (tertiary/aromatic N) is 1. The van der Waals surface area contributed by atoms with Gasteiger partial charge < -0.3 is 10.5 Å². The van der Waals surface area contributed by atoms with Gasteiger partial charge in [-0.3, -0.25) is 9.78 Å². The third-order valence-corrected chi connectivity index (χ3v) is 3.80. The van der Waals surface area contributed by atoms with Crippen molar-refractivity contribution in [3.8, 4) is 5.75 Å². The third kappa shape index (κ3) is 2.61. The van der Waals surface area contributed by atoms with Crippen LogP contribution in [-0.4, -0.2) is 16.5 Å². The van der Waals surface area contributed by atoms with E-state index in [0.717, 1.165) is 23.4 Å². The summed E-state index contributed by atoms with van der Waals surface area (Å²) in [4.78, 5) is 15.9. The Morgan fingerprint density at radius 2 is 2.14 bits per heavy atom. The first-order chi connectivity index (χ1) is 9.96. The molecule has 2 N–H and O–H groups in total. The summed E-state index contributed by atoms with van der Waals surface area (Å²) >= 11 is 0. The van der Waals surface area contributed by atoms with Gasteiger partial charge in [0.2, 0.25) is 5.91 Å². The van der Waals surface area contributed by atoms with E-state index in [1.165, 1.54) is 0 Å². The van der Waals surface area contributed by atoms with Gasteiger partial charge in [0.05, 0.1) is 0 Å². The molecular weight excluding hydrogens is 264 g/mol. The molecule has 0 aliphatic carbocycles. The number of primary amides is 1. The number of benzene rings is 1. The first-order valence-electron chi connectivity index (χ1n) is 7.00. The molecule has 0 fully saturated rings. The van der Waals surface area contributed by atoms with Crippen molar-refractivity contribution in [3.05, 3.63) is 59.4 Å². The highest BCUT2D eigenvalue weighted by Crippen LogP contribution is 2.43. The van der Waals surface area contributed by atoms with E-state index in [1.54, 1.807) is 12.3 Å². The van der Waals surface area contributed by atoms with Crippen molar-refractivity contribution in [2.24, 2.45) is 5.73 Å². The minimum atomic E-state index is -0.428. The van der Waals surface area contributed by atoms with Gasteiger partial charge in [-0.05, 0) is 50.6 Å². The van der Waals surface area contributed by atoms with E-state index < -0.39 is 5.91 Å². The monoisotopic (exact) mass is 282 g/mol. The summed E-state index contributed by atoms with van der Waals surface area (Å²) in [7, 11) is 0. The molecule has 1 atom stereocenters. The first-order valence-corrected chi connectivity index (χ1v) is 7.00. The summed E-state index contributed by atoms with van der Waals surface area (Å²) in [5.74, 6) is 0.471. The van der Waals surface area contributed by atoms with E-state index in [-0.39, 0.29) is 11.5 Å². The molecule has 1 aromatic heterocycles. The Balaban J connectivity index is 2.13. The van der Waals surface area contributed by atoms with Crippen LogP contribution in [0.3, 0.4) is 0 Å². The molecule has 4 heteroatoms. The summed E-state index contributed by atoms with van der Waals surface area (Å²) in [6.07, 6.45) is 2.59. The maximum Gasteiger partial charge on any atom is 0.248 e. The van der Waals surface area contributed by atoms with Crippen molar-refractivity contribution < 1.29 is 9.53 Å². The molecule has 1 aromatic carbocycles. The van der Waals surface area contributed by atoms with E-state index in [4.69, 9.17) is 10.5 Å². The van der Waals surface area contributed by atoms with Crippen LogP contribution >= 0.6 is 0 Å². The van der Waals surface area contributed by atoms with E-state index >= 15 is 0 Å². The maximum atomic E-state index is 11.4. The Morgan fingerprint density at radius 1 is 1.33 bits per heavy atom. The number of nitrogens with two attached hydrogens (primary N) is 1. The highest BCUT2D eigenvalue weighted by atomic mass is 16.5. The van der Waals surface area contributed by atoms with E-state index in [1.807, 2.05) is 30.3 Å². The highest BCUT2D eigenvalue weighted by molar-refractivity contribution is 5.93. The highest BCUT2D eigenvalue weighted by Gasteiger charge is 2.35. The van der Waals surface area contributed by atoms with Crippen molar-refractivity contribution >= 4 is 5.91 Å². The van der Waals surface area contributed by atoms with Crippen molar-refractivity contribution in [2.75, 3.05) is 0 Å². The fourth-order valence-electron chi connectivity index (χ4n) is 2.85. The number of aromatic nitrogens is 1. The molecular formula is C17H18N2O2. The average molecular weight is 282 g/mol. The number of amides is 1. The zero-order valence-electron chi connectivity index (χ0n) is 12.2. The predicted octanol–water partition coefficient (Wildman–Crippen LogP) is 2.87. The van der Waals surface area contributed by atoms with Crippen molar-refractivity contribution in [2.45, 2.75) is 31.8 Å². The van der Waals surface area contributed by atoms with Gasteiger partial charge in [-0.2, -0.15) is 0 Å². The number of fused-ring (bicyclic) bond motifs is 1. The molecule has 21 heavy (non-hydrogen) atoms. The predicted molar refractivity (Wildman–Crippen MR) is 80.4 cm³/mol. The Bertz CT molecular complexity index is 680. The molecule has 2 aromatic rings. The minimum Gasteiger partial charge on any atom is -0.488 e. The fourth-order valence-corrected chi connectivity index (χ4v) is 2.85. The van der Waals surface area contributed by atoms with Crippen LogP contribution in [0.5, 0.6) is 5.75 Å². The van der Waals surface area contributed by atoms with E-state index in [2.05, 4.69) is 18.8 Å². The minimum absolute atomic E-state index is 0.101. The van der Waals surface area contributed by atoms with Crippen LogP contribution in [-0.2, 0) is 0 Å². The van der Waals surface area contributed by atoms with Gasteiger partial charge in [0.25, 0.3) is 0 Å². The number of ether oxygens (including phenoxy) is 1. The molecule has 108 valence electrons. The van der Waals surface area contributed by atoms with Crippen molar-refractivity contribution in [1.82, 2.24) is 4.98 Å². The summed E-state index contributed by atoms with van der Waals surface area (Å²) in [5, 5.41) is 0. The number of hydrogen-bond acceptors (Lipinski definition) is 3. The van der Waals surface area contributed by atoms with Gasteiger partial charge in [0.1, 0.15) is 11.4 Å². The molecule has 3 rings (SSSR count). The fraction of sp³-hybridized carbons (Fsp3) is 0.294. The number of pyridine rings is 1. The lowest BCUT2D eigenvalue weighted by molar-refractivity contribution is 0.0768. The van der Waals surface area contributed by atoms with Crippen LogP contribution in [0.15, 0.2) is 42.6 Å². The van der Waals surface area contributed by atoms with Crippen LogP contribution in [0.2, 0.25) is 0 Å². The molecule has 1 aliphatic rings. The smallest absolute Gasteiger partial charge is 0.248 e. The number of carbonyl (C=O) groups excluding carboxylic acids is 1. The second kappa shape index (κ2) is 4.88. The molecule has 0 spiro atoms. The molecule has 1 aliphatic heterocycles. The SMILES string of the molecule is CC1(C)CC(c2ccccn2)c2cc(C(N)=O)ccc2O1. The van der Waals surface area contributed by atoms with Gasteiger partial charge in [0.15, 0.2) is 0 Å². The largest absolute Gasteiger partial charge is 0.488 e. The lowest BCUT2D eigenvalue weighted by Crippen LogP contribution is -2.35. The molecule has 0 radical (unpaired) electrons. The summed E-state index contributed by atoms with van der Waals surface area (Å²) < 4.78 is 6.03.